The van der Waals surface area contributed by atoms with Crippen molar-refractivity contribution < 1.29 is 0 Å². The molecule has 0 spiro atoms. The third-order valence-electron chi connectivity index (χ3n) is 2.55. The second-order valence-corrected chi connectivity index (χ2v) is 4.03. The third kappa shape index (κ3) is 2.10. The molecule has 0 aliphatic heterocycles. The Labute approximate surface area is 91.6 Å². The van der Waals surface area contributed by atoms with Gasteiger partial charge in [-0.2, -0.15) is 0 Å². The normalized spacial score (nSPS) is 10.3. The van der Waals surface area contributed by atoms with Crippen molar-refractivity contribution >= 4 is 0 Å². The lowest BCUT2D eigenvalue weighted by molar-refractivity contribution is 1.38. The van der Waals surface area contributed by atoms with Crippen molar-refractivity contribution in [3.8, 4) is 11.1 Å². The summed E-state index contributed by atoms with van der Waals surface area (Å²) >= 11 is 0. The molecular formula is C15H15. The summed E-state index contributed by atoms with van der Waals surface area (Å²) < 4.78 is 0. The van der Waals surface area contributed by atoms with Gasteiger partial charge in [0.25, 0.3) is 0 Å². The summed E-state index contributed by atoms with van der Waals surface area (Å²) in [5.41, 5.74) is 6.17. The van der Waals surface area contributed by atoms with Crippen LogP contribution in [0.15, 0.2) is 42.5 Å². The van der Waals surface area contributed by atoms with Crippen molar-refractivity contribution in [1.29, 1.82) is 0 Å². The van der Waals surface area contributed by atoms with E-state index in [0.29, 0.717) is 0 Å². The van der Waals surface area contributed by atoms with E-state index in [1.54, 1.807) is 0 Å². The van der Waals surface area contributed by atoms with Crippen LogP contribution in [0.25, 0.3) is 11.1 Å². The van der Waals surface area contributed by atoms with E-state index in [1.807, 2.05) is 12.1 Å². The van der Waals surface area contributed by atoms with Crippen LogP contribution in [-0.4, -0.2) is 0 Å². The first-order chi connectivity index (χ1) is 7.16. The van der Waals surface area contributed by atoms with Crippen molar-refractivity contribution in [2.24, 2.45) is 0 Å². The van der Waals surface area contributed by atoms with Gasteiger partial charge in [-0.3, -0.25) is 0 Å². The van der Waals surface area contributed by atoms with E-state index in [0.717, 1.165) is 5.56 Å². The Balaban J connectivity index is 2.59. The van der Waals surface area contributed by atoms with Crippen LogP contribution in [0.5, 0.6) is 0 Å². The van der Waals surface area contributed by atoms with Gasteiger partial charge in [0.2, 0.25) is 0 Å². The quantitative estimate of drug-likeness (QED) is 0.641. The molecule has 0 N–H and O–H groups in total. The number of benzene rings is 2. The van der Waals surface area contributed by atoms with Crippen LogP contribution in [0.2, 0.25) is 0 Å². The van der Waals surface area contributed by atoms with Crippen molar-refractivity contribution in [1.82, 2.24) is 0 Å². The van der Waals surface area contributed by atoms with Crippen LogP contribution in [0.1, 0.15) is 16.7 Å². The first kappa shape index (κ1) is 9.97. The second-order valence-electron chi connectivity index (χ2n) is 4.03. The molecule has 0 aromatic heterocycles. The van der Waals surface area contributed by atoms with Crippen LogP contribution < -0.4 is 0 Å². The van der Waals surface area contributed by atoms with Crippen LogP contribution in [0.3, 0.4) is 0 Å². The summed E-state index contributed by atoms with van der Waals surface area (Å²) in [5.74, 6) is 0. The number of hydrogen-bond acceptors (Lipinski definition) is 0. The molecule has 0 aliphatic rings. The number of rotatable bonds is 1. The fourth-order valence-corrected chi connectivity index (χ4v) is 1.93. The summed E-state index contributed by atoms with van der Waals surface area (Å²) in [7, 11) is 0. The predicted octanol–water partition coefficient (Wildman–Crippen LogP) is 4.15. The molecule has 0 fully saturated rings. The Morgan fingerprint density at radius 2 is 1.47 bits per heavy atom. The Hall–Kier alpha value is -1.56. The molecule has 15 heavy (non-hydrogen) atoms. The summed E-state index contributed by atoms with van der Waals surface area (Å²) in [6, 6.07) is 14.9. The van der Waals surface area contributed by atoms with Gasteiger partial charge in [0, 0.05) is 0 Å². The summed E-state index contributed by atoms with van der Waals surface area (Å²) in [6.07, 6.45) is 0. The molecule has 0 saturated carbocycles. The number of hydrogen-bond donors (Lipinski definition) is 0. The van der Waals surface area contributed by atoms with Gasteiger partial charge in [-0.15, -0.1) is 0 Å². The lowest BCUT2D eigenvalue weighted by Gasteiger charge is -2.07. The molecule has 0 amide bonds. The van der Waals surface area contributed by atoms with E-state index >= 15 is 0 Å². The van der Waals surface area contributed by atoms with E-state index in [9.17, 15) is 0 Å². The van der Waals surface area contributed by atoms with Crippen molar-refractivity contribution in [3.63, 3.8) is 0 Å². The highest BCUT2D eigenvalue weighted by molar-refractivity contribution is 5.69. The molecule has 1 radical (unpaired) electrons. The van der Waals surface area contributed by atoms with Gasteiger partial charge in [-0.1, -0.05) is 53.6 Å². The van der Waals surface area contributed by atoms with Gasteiger partial charge >= 0.3 is 0 Å². The highest BCUT2D eigenvalue weighted by Gasteiger charge is 2.01. The molecule has 0 saturated heterocycles. The Kier molecular flexibility index (Phi) is 2.59. The van der Waals surface area contributed by atoms with Crippen molar-refractivity contribution in [2.75, 3.05) is 0 Å². The smallest absolute Gasteiger partial charge is 0.0152 e. The van der Waals surface area contributed by atoms with Gasteiger partial charge in [-0.25, -0.2) is 0 Å². The molecule has 2 rings (SSSR count). The lowest BCUT2D eigenvalue weighted by atomic mass is 9.97. The minimum absolute atomic E-state index is 1.09. The molecule has 0 unspecified atom stereocenters. The highest BCUT2D eigenvalue weighted by atomic mass is 14.1. The maximum absolute atomic E-state index is 4.06. The minimum atomic E-state index is 1.09. The molecule has 0 heteroatoms. The van der Waals surface area contributed by atoms with Gasteiger partial charge < -0.3 is 0 Å². The molecule has 0 nitrogen and oxygen atoms in total. The average Bonchev–Trinajstić information content (AvgIpc) is 2.16. The zero-order chi connectivity index (χ0) is 10.8. The largest absolute Gasteiger partial charge is 0.0620 e. The maximum Gasteiger partial charge on any atom is -0.0152 e. The minimum Gasteiger partial charge on any atom is -0.0620 e. The second kappa shape index (κ2) is 3.90. The van der Waals surface area contributed by atoms with Crippen molar-refractivity contribution in [3.05, 3.63) is 66.1 Å². The fourth-order valence-electron chi connectivity index (χ4n) is 1.93. The topological polar surface area (TPSA) is 0 Å². The molecule has 0 heterocycles. The monoisotopic (exact) mass is 195 g/mol. The molecular weight excluding hydrogens is 180 g/mol. The van der Waals surface area contributed by atoms with Gasteiger partial charge in [-0.05, 0) is 37.5 Å². The van der Waals surface area contributed by atoms with E-state index in [-0.39, 0.29) is 0 Å². The summed E-state index contributed by atoms with van der Waals surface area (Å²) in [4.78, 5) is 0. The molecule has 2 aromatic carbocycles. The molecule has 75 valence electrons. The first-order valence-electron chi connectivity index (χ1n) is 5.16. The van der Waals surface area contributed by atoms with E-state index in [1.165, 1.54) is 22.3 Å². The summed E-state index contributed by atoms with van der Waals surface area (Å²) in [5, 5.41) is 0. The van der Waals surface area contributed by atoms with Crippen LogP contribution in [0.4, 0.5) is 0 Å². The molecule has 2 aromatic rings. The van der Waals surface area contributed by atoms with Crippen LogP contribution in [-0.2, 0) is 0 Å². The zero-order valence-electron chi connectivity index (χ0n) is 9.25. The van der Waals surface area contributed by atoms with Crippen LogP contribution >= 0.6 is 0 Å². The van der Waals surface area contributed by atoms with Gasteiger partial charge in [0.15, 0.2) is 0 Å². The Morgan fingerprint density at radius 1 is 0.867 bits per heavy atom. The Bertz CT molecular complexity index is 461. The lowest BCUT2D eigenvalue weighted by Crippen LogP contribution is -1.85. The Morgan fingerprint density at radius 3 is 2.07 bits per heavy atom. The van der Waals surface area contributed by atoms with E-state index < -0.39 is 0 Å². The van der Waals surface area contributed by atoms with Crippen LogP contribution in [0, 0.1) is 20.8 Å². The van der Waals surface area contributed by atoms with E-state index in [4.69, 9.17) is 0 Å². The summed E-state index contributed by atoms with van der Waals surface area (Å²) in [6.45, 7) is 8.31. The van der Waals surface area contributed by atoms with Crippen molar-refractivity contribution in [2.45, 2.75) is 13.8 Å². The average molecular weight is 195 g/mol. The SMILES string of the molecule is [CH2]c1ccccc1-c1cc(C)cc(C)c1. The maximum atomic E-state index is 4.06. The molecule has 0 aliphatic carbocycles. The standard InChI is InChI=1S/C15H15/c1-11-8-12(2)10-14(9-11)15-7-5-4-6-13(15)3/h4-10H,3H2,1-2H3. The zero-order valence-corrected chi connectivity index (χ0v) is 9.25. The highest BCUT2D eigenvalue weighted by Crippen LogP contribution is 2.24. The van der Waals surface area contributed by atoms with E-state index in [2.05, 4.69) is 51.1 Å². The number of aryl methyl sites for hydroxylation is 2. The predicted molar refractivity (Wildman–Crippen MR) is 65.8 cm³/mol. The first-order valence-corrected chi connectivity index (χ1v) is 5.16. The van der Waals surface area contributed by atoms with Gasteiger partial charge in [0.1, 0.15) is 0 Å². The third-order valence-corrected chi connectivity index (χ3v) is 2.55. The molecule has 0 atom stereocenters. The fraction of sp³-hybridized carbons (Fsp3) is 0.133. The van der Waals surface area contributed by atoms with Gasteiger partial charge in [0.05, 0.1) is 0 Å². The molecule has 0 bridgehead atoms.